The van der Waals surface area contributed by atoms with Gasteiger partial charge in [-0.25, -0.2) is 4.68 Å². The number of nitrogens with zero attached hydrogens (tertiary/aromatic N) is 5. The Morgan fingerprint density at radius 2 is 1.61 bits per heavy atom. The normalized spacial score (nSPS) is 14.4. The maximum absolute atomic E-state index is 13.5. The molecule has 4 aromatic rings. The fourth-order valence-corrected chi connectivity index (χ4v) is 4.25. The van der Waals surface area contributed by atoms with Crippen molar-refractivity contribution in [1.29, 1.82) is 0 Å². The van der Waals surface area contributed by atoms with Gasteiger partial charge in [-0.3, -0.25) is 9.69 Å². The second-order valence-corrected chi connectivity index (χ2v) is 8.14. The second kappa shape index (κ2) is 9.34. The largest absolute Gasteiger partial charge is 0.497 e. The summed E-state index contributed by atoms with van der Waals surface area (Å²) in [4.78, 5) is 17.9. The number of methoxy groups -OCH3 is 1. The fourth-order valence-electron chi connectivity index (χ4n) is 4.25. The predicted molar refractivity (Wildman–Crippen MR) is 127 cm³/mol. The Kier molecular flexibility index (Phi) is 5.95. The lowest BCUT2D eigenvalue weighted by molar-refractivity contribution is 0.0628. The van der Waals surface area contributed by atoms with E-state index in [-0.39, 0.29) is 5.91 Å². The average Bonchev–Trinajstić information content (AvgIpc) is 3.55. The van der Waals surface area contributed by atoms with Gasteiger partial charge in [0, 0.05) is 45.1 Å². The number of rotatable bonds is 6. The average molecular weight is 442 g/mol. The van der Waals surface area contributed by atoms with E-state index >= 15 is 0 Å². The van der Waals surface area contributed by atoms with Crippen LogP contribution in [0.25, 0.3) is 11.5 Å². The maximum Gasteiger partial charge on any atom is 0.259 e. The lowest BCUT2D eigenvalue weighted by Crippen LogP contribution is -2.48. The third-order valence-electron chi connectivity index (χ3n) is 6.05. The number of carbonyl (C=O) groups is 1. The van der Waals surface area contributed by atoms with Crippen LogP contribution in [0.4, 0.5) is 0 Å². The fraction of sp³-hybridized carbons (Fsp3) is 0.231. The van der Waals surface area contributed by atoms with Gasteiger partial charge in [0.2, 0.25) is 0 Å². The zero-order chi connectivity index (χ0) is 22.6. The number of piperazine rings is 1. The molecular weight excluding hydrogens is 414 g/mol. The van der Waals surface area contributed by atoms with Gasteiger partial charge in [0.05, 0.1) is 19.0 Å². The molecule has 1 amide bonds. The minimum Gasteiger partial charge on any atom is -0.497 e. The Morgan fingerprint density at radius 1 is 0.909 bits per heavy atom. The highest BCUT2D eigenvalue weighted by Crippen LogP contribution is 2.23. The minimum absolute atomic E-state index is 0.0119. The van der Waals surface area contributed by atoms with E-state index in [1.165, 1.54) is 5.56 Å². The van der Waals surface area contributed by atoms with Crippen molar-refractivity contribution < 1.29 is 9.53 Å². The summed E-state index contributed by atoms with van der Waals surface area (Å²) in [5.74, 6) is 1.53. The lowest BCUT2D eigenvalue weighted by Gasteiger charge is -2.34. The molecule has 0 saturated carbocycles. The molecule has 1 fully saturated rings. The summed E-state index contributed by atoms with van der Waals surface area (Å²) in [6.45, 7) is 4.01. The molecule has 7 nitrogen and oxygen atoms in total. The van der Waals surface area contributed by atoms with Crippen LogP contribution in [0.3, 0.4) is 0 Å². The van der Waals surface area contributed by atoms with Crippen LogP contribution in [-0.4, -0.2) is 63.3 Å². The van der Waals surface area contributed by atoms with Gasteiger partial charge in [0.1, 0.15) is 11.3 Å². The summed E-state index contributed by atoms with van der Waals surface area (Å²) in [6, 6.07) is 22.0. The Balaban J connectivity index is 1.36. The third kappa shape index (κ3) is 4.40. The van der Waals surface area contributed by atoms with Gasteiger partial charge in [-0.2, -0.15) is 5.10 Å². The van der Waals surface area contributed by atoms with Crippen LogP contribution in [0.1, 0.15) is 15.9 Å². The molecule has 0 spiro atoms. The zero-order valence-corrected chi connectivity index (χ0v) is 18.7. The quantitative estimate of drug-likeness (QED) is 0.459. The van der Waals surface area contributed by atoms with Crippen molar-refractivity contribution in [1.82, 2.24) is 24.1 Å². The molecule has 1 aliphatic heterocycles. The van der Waals surface area contributed by atoms with Crippen molar-refractivity contribution in [2.75, 3.05) is 33.3 Å². The van der Waals surface area contributed by atoms with Crippen molar-refractivity contribution in [3.8, 4) is 17.3 Å². The highest BCUT2D eigenvalue weighted by Gasteiger charge is 2.27. The predicted octanol–water partition coefficient (Wildman–Crippen LogP) is 3.63. The summed E-state index contributed by atoms with van der Waals surface area (Å²) in [7, 11) is 1.64. The van der Waals surface area contributed by atoms with Gasteiger partial charge in [-0.15, -0.1) is 0 Å². The molecule has 2 aromatic heterocycles. The van der Waals surface area contributed by atoms with Crippen molar-refractivity contribution in [3.63, 3.8) is 0 Å². The molecule has 168 valence electrons. The van der Waals surface area contributed by atoms with E-state index in [0.29, 0.717) is 18.7 Å². The SMILES string of the molecule is COc1ccc(-n2ncc(C(=O)N3CCN(Cc4ccccc4)CC3)c2-n2cccc2)cc1. The van der Waals surface area contributed by atoms with Gasteiger partial charge < -0.3 is 14.2 Å². The molecular formula is C26H27N5O2. The van der Waals surface area contributed by atoms with Gasteiger partial charge in [0.15, 0.2) is 5.82 Å². The van der Waals surface area contributed by atoms with E-state index in [1.54, 1.807) is 18.0 Å². The number of hydrogen-bond acceptors (Lipinski definition) is 4. The van der Waals surface area contributed by atoms with Gasteiger partial charge in [0.25, 0.3) is 5.91 Å². The van der Waals surface area contributed by atoms with E-state index < -0.39 is 0 Å². The molecule has 5 rings (SSSR count). The van der Waals surface area contributed by atoms with Crippen molar-refractivity contribution >= 4 is 5.91 Å². The van der Waals surface area contributed by atoms with Crippen molar-refractivity contribution in [2.24, 2.45) is 0 Å². The topological polar surface area (TPSA) is 55.5 Å². The number of carbonyl (C=O) groups excluding carboxylic acids is 1. The molecule has 1 aliphatic rings. The van der Waals surface area contributed by atoms with E-state index in [1.807, 2.05) is 64.3 Å². The summed E-state index contributed by atoms with van der Waals surface area (Å²) in [5, 5.41) is 4.58. The molecule has 1 saturated heterocycles. The molecule has 0 radical (unpaired) electrons. The standard InChI is InChI=1S/C26H27N5O2/c1-33-23-11-9-22(10-12-23)31-25(29-13-5-6-14-29)24(19-27-31)26(32)30-17-15-28(16-18-30)20-21-7-3-2-4-8-21/h2-14,19H,15-18,20H2,1H3. The van der Waals surface area contributed by atoms with Gasteiger partial charge in [-0.1, -0.05) is 30.3 Å². The molecule has 33 heavy (non-hydrogen) atoms. The molecule has 0 unspecified atom stereocenters. The van der Waals surface area contributed by atoms with Crippen LogP contribution in [0, 0.1) is 0 Å². The third-order valence-corrected chi connectivity index (χ3v) is 6.05. The Labute approximate surface area is 193 Å². The first kappa shape index (κ1) is 21.0. The highest BCUT2D eigenvalue weighted by molar-refractivity contribution is 5.97. The number of benzene rings is 2. The lowest BCUT2D eigenvalue weighted by atomic mass is 10.2. The van der Waals surface area contributed by atoms with Gasteiger partial charge >= 0.3 is 0 Å². The first-order valence-corrected chi connectivity index (χ1v) is 11.1. The first-order chi connectivity index (χ1) is 16.2. The number of hydrogen-bond donors (Lipinski definition) is 0. The smallest absolute Gasteiger partial charge is 0.259 e. The van der Waals surface area contributed by atoms with Crippen LogP contribution in [0.15, 0.2) is 85.3 Å². The second-order valence-electron chi connectivity index (χ2n) is 8.14. The molecule has 0 atom stereocenters. The van der Waals surface area contributed by atoms with Crippen LogP contribution >= 0.6 is 0 Å². The zero-order valence-electron chi connectivity index (χ0n) is 18.7. The number of amides is 1. The van der Waals surface area contributed by atoms with Crippen LogP contribution in [0.2, 0.25) is 0 Å². The molecule has 0 aliphatic carbocycles. The summed E-state index contributed by atoms with van der Waals surface area (Å²) >= 11 is 0. The Hall–Kier alpha value is -3.84. The van der Waals surface area contributed by atoms with Crippen LogP contribution in [0.5, 0.6) is 5.75 Å². The minimum atomic E-state index is 0.0119. The molecule has 7 heteroatoms. The summed E-state index contributed by atoms with van der Waals surface area (Å²) in [5.41, 5.74) is 2.76. The number of ether oxygens (including phenoxy) is 1. The van der Waals surface area contributed by atoms with E-state index in [9.17, 15) is 4.79 Å². The monoisotopic (exact) mass is 441 g/mol. The van der Waals surface area contributed by atoms with Crippen LogP contribution < -0.4 is 4.74 Å². The van der Waals surface area contributed by atoms with Crippen molar-refractivity contribution in [2.45, 2.75) is 6.54 Å². The maximum atomic E-state index is 13.5. The Bertz CT molecular complexity index is 1190. The molecule has 0 N–H and O–H groups in total. The molecule has 3 heterocycles. The molecule has 2 aromatic carbocycles. The van der Waals surface area contributed by atoms with E-state index in [0.717, 1.165) is 36.9 Å². The summed E-state index contributed by atoms with van der Waals surface area (Å²) in [6.07, 6.45) is 5.55. The van der Waals surface area contributed by atoms with E-state index in [4.69, 9.17) is 4.74 Å². The van der Waals surface area contributed by atoms with Gasteiger partial charge in [-0.05, 0) is 42.0 Å². The number of aromatic nitrogens is 3. The summed E-state index contributed by atoms with van der Waals surface area (Å²) < 4.78 is 9.02. The molecule has 0 bridgehead atoms. The van der Waals surface area contributed by atoms with E-state index in [2.05, 4.69) is 34.3 Å². The van der Waals surface area contributed by atoms with Crippen molar-refractivity contribution in [3.05, 3.63) is 96.4 Å². The first-order valence-electron chi connectivity index (χ1n) is 11.1. The van der Waals surface area contributed by atoms with Crippen LogP contribution in [-0.2, 0) is 6.54 Å². The highest BCUT2D eigenvalue weighted by atomic mass is 16.5. The Morgan fingerprint density at radius 3 is 2.27 bits per heavy atom.